The third-order valence-corrected chi connectivity index (χ3v) is 5.73. The van der Waals surface area contributed by atoms with Crippen LogP contribution in [0.2, 0.25) is 0 Å². The van der Waals surface area contributed by atoms with Gasteiger partial charge in [-0.15, -0.1) is 0 Å². The second-order valence-electron chi connectivity index (χ2n) is 7.66. The van der Waals surface area contributed by atoms with Gasteiger partial charge < -0.3 is 14.4 Å². The number of unbranched alkanes of at least 4 members (excludes halogenated alkanes) is 1. The molecule has 0 aromatic carbocycles. The number of nitrogens with zero attached hydrogens (tertiary/aromatic N) is 4. The van der Waals surface area contributed by atoms with Crippen molar-refractivity contribution in [3.8, 4) is 0 Å². The summed E-state index contributed by atoms with van der Waals surface area (Å²) in [6.07, 6.45) is 13.3. The number of rotatable bonds is 7. The highest BCUT2D eigenvalue weighted by atomic mass is 16.2. The Hall–Kier alpha value is -1.36. The van der Waals surface area contributed by atoms with Crippen molar-refractivity contribution in [3.05, 3.63) is 18.2 Å². The second-order valence-corrected chi connectivity index (χ2v) is 7.66. The molecule has 5 heteroatoms. The van der Waals surface area contributed by atoms with Crippen LogP contribution in [0.25, 0.3) is 0 Å². The molecule has 2 aliphatic heterocycles. The van der Waals surface area contributed by atoms with Crippen molar-refractivity contribution >= 4 is 5.91 Å². The van der Waals surface area contributed by atoms with E-state index in [1.165, 1.54) is 51.0 Å². The van der Waals surface area contributed by atoms with Gasteiger partial charge in [0.05, 0.1) is 0 Å². The van der Waals surface area contributed by atoms with Gasteiger partial charge in [0.25, 0.3) is 0 Å². The van der Waals surface area contributed by atoms with Gasteiger partial charge in [0.15, 0.2) is 0 Å². The Labute approximate surface area is 152 Å². The Morgan fingerprint density at radius 1 is 1.16 bits per heavy atom. The molecule has 2 saturated heterocycles. The van der Waals surface area contributed by atoms with Crippen LogP contribution < -0.4 is 0 Å². The highest BCUT2D eigenvalue weighted by Crippen LogP contribution is 2.26. The molecule has 0 spiro atoms. The number of carbonyl (C=O) groups excluding carboxylic acids is 1. The number of aryl methyl sites for hydroxylation is 1. The third kappa shape index (κ3) is 5.06. The van der Waals surface area contributed by atoms with Crippen molar-refractivity contribution < 1.29 is 4.79 Å². The van der Waals surface area contributed by atoms with Gasteiger partial charge in [0.1, 0.15) is 5.82 Å². The van der Waals surface area contributed by atoms with E-state index >= 15 is 0 Å². The van der Waals surface area contributed by atoms with Crippen LogP contribution in [-0.4, -0.2) is 58.0 Å². The lowest BCUT2D eigenvalue weighted by Gasteiger charge is -2.34. The SMILES string of the molecule is CCCCn1ccnc1[C@@H]1CCCN(C(=O)CCN2CCCCC2)C1. The highest BCUT2D eigenvalue weighted by Gasteiger charge is 2.27. The molecule has 1 amide bonds. The molecule has 3 rings (SSSR count). The van der Waals surface area contributed by atoms with Gasteiger partial charge in [-0.3, -0.25) is 4.79 Å². The zero-order chi connectivity index (χ0) is 17.5. The highest BCUT2D eigenvalue weighted by molar-refractivity contribution is 5.76. The minimum absolute atomic E-state index is 0.335. The van der Waals surface area contributed by atoms with E-state index < -0.39 is 0 Å². The van der Waals surface area contributed by atoms with E-state index in [2.05, 4.69) is 32.5 Å². The van der Waals surface area contributed by atoms with Crippen LogP contribution >= 0.6 is 0 Å². The van der Waals surface area contributed by atoms with Crippen molar-refractivity contribution in [1.82, 2.24) is 19.4 Å². The van der Waals surface area contributed by atoms with Gasteiger partial charge in [-0.25, -0.2) is 4.98 Å². The monoisotopic (exact) mass is 346 g/mol. The molecule has 5 nitrogen and oxygen atoms in total. The minimum Gasteiger partial charge on any atom is -0.342 e. The van der Waals surface area contributed by atoms with E-state index in [1.807, 2.05) is 6.20 Å². The Bertz CT molecular complexity index is 536. The number of likely N-dealkylation sites (tertiary alicyclic amines) is 2. The first-order chi connectivity index (χ1) is 12.3. The molecule has 1 aromatic heterocycles. The number of amides is 1. The molecule has 0 saturated carbocycles. The molecule has 0 unspecified atom stereocenters. The lowest BCUT2D eigenvalue weighted by atomic mass is 9.96. The summed E-state index contributed by atoms with van der Waals surface area (Å²) in [6.45, 7) is 8.32. The fourth-order valence-corrected chi connectivity index (χ4v) is 4.21. The Kier molecular flexibility index (Phi) is 6.91. The molecule has 0 bridgehead atoms. The molecule has 3 heterocycles. The molecule has 0 aliphatic carbocycles. The number of imidazole rings is 1. The first kappa shape index (κ1) is 18.4. The largest absolute Gasteiger partial charge is 0.342 e. The first-order valence-corrected chi connectivity index (χ1v) is 10.3. The zero-order valence-electron chi connectivity index (χ0n) is 15.8. The summed E-state index contributed by atoms with van der Waals surface area (Å²) in [5.74, 6) is 1.92. The minimum atomic E-state index is 0.335. The molecular formula is C20H34N4O. The maximum Gasteiger partial charge on any atom is 0.223 e. The molecule has 25 heavy (non-hydrogen) atoms. The lowest BCUT2D eigenvalue weighted by molar-refractivity contribution is -0.132. The van der Waals surface area contributed by atoms with Crippen molar-refractivity contribution in [2.45, 2.75) is 70.8 Å². The van der Waals surface area contributed by atoms with Gasteiger partial charge in [-0.05, 0) is 45.2 Å². The van der Waals surface area contributed by atoms with Crippen molar-refractivity contribution in [1.29, 1.82) is 0 Å². The van der Waals surface area contributed by atoms with Gasteiger partial charge in [-0.1, -0.05) is 19.8 Å². The van der Waals surface area contributed by atoms with Crippen LogP contribution in [0.3, 0.4) is 0 Å². The number of hydrogen-bond acceptors (Lipinski definition) is 3. The molecule has 1 aromatic rings. The van der Waals surface area contributed by atoms with E-state index in [1.54, 1.807) is 0 Å². The fourth-order valence-electron chi connectivity index (χ4n) is 4.21. The third-order valence-electron chi connectivity index (χ3n) is 5.73. The summed E-state index contributed by atoms with van der Waals surface area (Å²) in [5, 5.41) is 0. The Morgan fingerprint density at radius 2 is 2.00 bits per heavy atom. The average molecular weight is 347 g/mol. The second kappa shape index (κ2) is 9.37. The Morgan fingerprint density at radius 3 is 2.80 bits per heavy atom. The number of aromatic nitrogens is 2. The first-order valence-electron chi connectivity index (χ1n) is 10.3. The van der Waals surface area contributed by atoms with Crippen LogP contribution in [0.1, 0.15) is 70.0 Å². The fraction of sp³-hybridized carbons (Fsp3) is 0.800. The maximum absolute atomic E-state index is 12.7. The van der Waals surface area contributed by atoms with E-state index in [0.29, 0.717) is 18.2 Å². The van der Waals surface area contributed by atoms with Crippen LogP contribution in [0.15, 0.2) is 12.4 Å². The van der Waals surface area contributed by atoms with E-state index in [9.17, 15) is 4.79 Å². The summed E-state index contributed by atoms with van der Waals surface area (Å²) in [6, 6.07) is 0. The number of piperidine rings is 2. The van der Waals surface area contributed by atoms with Crippen molar-refractivity contribution in [2.75, 3.05) is 32.7 Å². The number of carbonyl (C=O) groups is 1. The summed E-state index contributed by atoms with van der Waals surface area (Å²) in [4.78, 5) is 21.9. The van der Waals surface area contributed by atoms with E-state index in [0.717, 1.165) is 39.0 Å². The standard InChI is InChI=1S/C20H34N4O/c1-2-3-13-23-16-10-21-20(23)18-8-7-14-24(17-18)19(25)9-15-22-11-5-4-6-12-22/h10,16,18H,2-9,11-15,17H2,1H3/t18-/m1/s1. The molecule has 0 N–H and O–H groups in total. The lowest BCUT2D eigenvalue weighted by Crippen LogP contribution is -2.41. The summed E-state index contributed by atoms with van der Waals surface area (Å²) in [5.41, 5.74) is 0. The summed E-state index contributed by atoms with van der Waals surface area (Å²) >= 11 is 0. The summed E-state index contributed by atoms with van der Waals surface area (Å²) < 4.78 is 2.30. The van der Waals surface area contributed by atoms with Crippen LogP contribution in [0.5, 0.6) is 0 Å². The topological polar surface area (TPSA) is 41.4 Å². The van der Waals surface area contributed by atoms with Crippen LogP contribution in [0, 0.1) is 0 Å². The maximum atomic E-state index is 12.7. The van der Waals surface area contributed by atoms with Gasteiger partial charge in [0, 0.05) is 50.9 Å². The molecule has 1 atom stereocenters. The molecule has 2 aliphatic rings. The normalized spacial score (nSPS) is 22.3. The van der Waals surface area contributed by atoms with Crippen LogP contribution in [0.4, 0.5) is 0 Å². The van der Waals surface area contributed by atoms with E-state index in [-0.39, 0.29) is 0 Å². The Balaban J connectivity index is 1.52. The zero-order valence-corrected chi connectivity index (χ0v) is 15.8. The predicted molar refractivity (Wildman–Crippen MR) is 101 cm³/mol. The van der Waals surface area contributed by atoms with E-state index in [4.69, 9.17) is 0 Å². The molecule has 2 fully saturated rings. The molecular weight excluding hydrogens is 312 g/mol. The summed E-state index contributed by atoms with van der Waals surface area (Å²) in [7, 11) is 0. The molecule has 140 valence electrons. The number of hydrogen-bond donors (Lipinski definition) is 0. The smallest absolute Gasteiger partial charge is 0.223 e. The van der Waals surface area contributed by atoms with Crippen LogP contribution in [-0.2, 0) is 11.3 Å². The van der Waals surface area contributed by atoms with Crippen molar-refractivity contribution in [3.63, 3.8) is 0 Å². The quantitative estimate of drug-likeness (QED) is 0.761. The predicted octanol–water partition coefficient (Wildman–Crippen LogP) is 3.27. The van der Waals surface area contributed by atoms with Gasteiger partial charge in [0.2, 0.25) is 5.91 Å². The van der Waals surface area contributed by atoms with Gasteiger partial charge in [-0.2, -0.15) is 0 Å². The van der Waals surface area contributed by atoms with Gasteiger partial charge >= 0.3 is 0 Å². The van der Waals surface area contributed by atoms with Crippen molar-refractivity contribution in [2.24, 2.45) is 0 Å². The molecule has 0 radical (unpaired) electrons. The average Bonchev–Trinajstić information content (AvgIpc) is 3.14.